The SMILES string of the molecule is COc1cc(C(C)(C)c2cnc(SCc3c(F)cc(S(=O)(=O)N(C)[C@H](CCC[NH+](C)C)C(=O)O)cc3F)n2-c2ccc(F)cc2)ccc1Cl. The van der Waals surface area contributed by atoms with Crippen molar-refractivity contribution >= 4 is 39.4 Å². The van der Waals surface area contributed by atoms with Crippen LogP contribution >= 0.6 is 23.4 Å². The molecule has 0 spiro atoms. The van der Waals surface area contributed by atoms with Crippen LogP contribution in [0.1, 0.15) is 43.5 Å². The molecule has 0 fully saturated rings. The number of benzene rings is 3. The normalized spacial score (nSPS) is 12.9. The van der Waals surface area contributed by atoms with Crippen molar-refractivity contribution in [3.05, 3.63) is 100 Å². The summed E-state index contributed by atoms with van der Waals surface area (Å²) in [7, 11) is 1.81. The van der Waals surface area contributed by atoms with Crippen LogP contribution in [0.5, 0.6) is 5.75 Å². The lowest BCUT2D eigenvalue weighted by atomic mass is 9.81. The number of sulfonamides is 1. The number of nitrogens with zero attached hydrogens (tertiary/aromatic N) is 3. The molecular formula is C34H39ClF3N4O5S2+. The molecule has 49 heavy (non-hydrogen) atoms. The summed E-state index contributed by atoms with van der Waals surface area (Å²) in [5.74, 6) is -3.84. The summed E-state index contributed by atoms with van der Waals surface area (Å²) >= 11 is 7.27. The third kappa shape index (κ3) is 8.43. The molecule has 0 aliphatic rings. The van der Waals surface area contributed by atoms with Crippen molar-refractivity contribution in [2.45, 2.75) is 54.0 Å². The number of thioether (sulfide) groups is 1. The number of halogens is 4. The monoisotopic (exact) mass is 739 g/mol. The number of imidazole rings is 1. The van der Waals surface area contributed by atoms with E-state index in [2.05, 4.69) is 4.98 Å². The minimum absolute atomic E-state index is 0.0288. The molecule has 15 heteroatoms. The standard InChI is InChI=1S/C34H38ClF3N4O5S2/c1-34(2,21-9-14-26(35)30(16-21)47-6)31-19-39-33(42(31)23-12-10-22(36)11-13-23)48-20-25-27(37)17-24(18-28(25)38)49(45,46)41(5)29(32(43)44)8-7-15-40(3)4/h9-14,16-19,29H,7-8,15,20H2,1-6H3,(H,43,44)/p+1/t29-/m1/s1. The van der Waals surface area contributed by atoms with Gasteiger partial charge in [-0.3, -0.25) is 9.36 Å². The second kappa shape index (κ2) is 15.5. The highest BCUT2D eigenvalue weighted by Gasteiger charge is 2.34. The van der Waals surface area contributed by atoms with E-state index in [1.54, 1.807) is 35.0 Å². The van der Waals surface area contributed by atoms with Crippen LogP contribution in [0, 0.1) is 17.5 Å². The molecule has 4 aromatic rings. The maximum Gasteiger partial charge on any atom is 0.322 e. The fourth-order valence-electron chi connectivity index (χ4n) is 5.36. The number of carbonyl (C=O) groups is 1. The predicted octanol–water partition coefficient (Wildman–Crippen LogP) is 5.57. The highest BCUT2D eigenvalue weighted by Crippen LogP contribution is 2.39. The Bertz CT molecular complexity index is 1900. The van der Waals surface area contributed by atoms with Crippen molar-refractivity contribution in [3.8, 4) is 11.4 Å². The summed E-state index contributed by atoms with van der Waals surface area (Å²) < 4.78 is 79.4. The smallest absolute Gasteiger partial charge is 0.322 e. The predicted molar refractivity (Wildman–Crippen MR) is 183 cm³/mol. The van der Waals surface area contributed by atoms with Crippen molar-refractivity contribution in [1.29, 1.82) is 0 Å². The largest absolute Gasteiger partial charge is 0.495 e. The number of ether oxygens (including phenoxy) is 1. The summed E-state index contributed by atoms with van der Waals surface area (Å²) in [6, 6.07) is 11.1. The zero-order valence-electron chi connectivity index (χ0n) is 27.9. The first-order valence-corrected chi connectivity index (χ1v) is 18.1. The van der Waals surface area contributed by atoms with Crippen molar-refractivity contribution < 1.29 is 41.1 Å². The van der Waals surface area contributed by atoms with E-state index in [0.717, 1.165) is 29.3 Å². The molecule has 0 aliphatic carbocycles. The second-order valence-corrected chi connectivity index (χ2v) is 15.7. The first kappa shape index (κ1) is 38.2. The molecule has 3 aromatic carbocycles. The molecule has 9 nitrogen and oxygen atoms in total. The Balaban J connectivity index is 1.67. The lowest BCUT2D eigenvalue weighted by Gasteiger charge is -2.28. The van der Waals surface area contributed by atoms with E-state index in [1.807, 2.05) is 34.0 Å². The van der Waals surface area contributed by atoms with Gasteiger partial charge in [0.25, 0.3) is 0 Å². The van der Waals surface area contributed by atoms with Crippen LogP contribution in [0.25, 0.3) is 5.69 Å². The Kier molecular flexibility index (Phi) is 12.1. The number of aliphatic carboxylic acids is 1. The minimum Gasteiger partial charge on any atom is -0.495 e. The van der Waals surface area contributed by atoms with Crippen LogP contribution in [0.4, 0.5) is 13.2 Å². The highest BCUT2D eigenvalue weighted by molar-refractivity contribution is 7.98. The van der Waals surface area contributed by atoms with Gasteiger partial charge in [-0.15, -0.1) is 0 Å². The summed E-state index contributed by atoms with van der Waals surface area (Å²) in [4.78, 5) is 16.9. The first-order valence-electron chi connectivity index (χ1n) is 15.3. The van der Waals surface area contributed by atoms with Gasteiger partial charge in [-0.05, 0) is 66.9 Å². The van der Waals surface area contributed by atoms with Crippen LogP contribution in [0.3, 0.4) is 0 Å². The van der Waals surface area contributed by atoms with E-state index in [1.165, 1.54) is 19.2 Å². The van der Waals surface area contributed by atoms with Gasteiger partial charge in [0.05, 0.1) is 49.6 Å². The number of hydrogen-bond acceptors (Lipinski definition) is 6. The number of methoxy groups -OCH3 is 1. The van der Waals surface area contributed by atoms with Crippen molar-refractivity contribution in [2.24, 2.45) is 0 Å². The van der Waals surface area contributed by atoms with Crippen molar-refractivity contribution in [3.63, 3.8) is 0 Å². The zero-order chi connectivity index (χ0) is 36.3. The quantitative estimate of drug-likeness (QED) is 0.154. The Labute approximate surface area is 293 Å². The Morgan fingerprint density at radius 2 is 1.73 bits per heavy atom. The summed E-state index contributed by atoms with van der Waals surface area (Å²) in [6.07, 6.45) is 2.09. The van der Waals surface area contributed by atoms with Gasteiger partial charge in [-0.1, -0.05) is 43.3 Å². The molecule has 2 N–H and O–H groups in total. The first-order chi connectivity index (χ1) is 23.0. The fourth-order valence-corrected chi connectivity index (χ4v) is 7.93. The van der Waals surface area contributed by atoms with Crippen LogP contribution in [0.2, 0.25) is 5.02 Å². The number of quaternary nitrogens is 1. The number of rotatable bonds is 15. The third-order valence-electron chi connectivity index (χ3n) is 8.34. The molecule has 1 aromatic heterocycles. The summed E-state index contributed by atoms with van der Waals surface area (Å²) in [6.45, 7) is 4.52. The van der Waals surface area contributed by atoms with Gasteiger partial charge in [-0.2, -0.15) is 4.31 Å². The van der Waals surface area contributed by atoms with Gasteiger partial charge in [0.15, 0.2) is 5.16 Å². The molecule has 4 rings (SSSR count). The van der Waals surface area contributed by atoms with Gasteiger partial charge in [0.1, 0.15) is 29.2 Å². The minimum atomic E-state index is -4.56. The highest BCUT2D eigenvalue weighted by atomic mass is 35.5. The molecule has 0 aliphatic heterocycles. The van der Waals surface area contributed by atoms with E-state index in [9.17, 15) is 22.7 Å². The van der Waals surface area contributed by atoms with E-state index in [4.69, 9.17) is 16.3 Å². The molecule has 0 bridgehead atoms. The molecule has 0 saturated heterocycles. The van der Waals surface area contributed by atoms with E-state index in [-0.39, 0.29) is 12.2 Å². The van der Waals surface area contributed by atoms with Crippen molar-refractivity contribution in [2.75, 3.05) is 34.8 Å². The van der Waals surface area contributed by atoms with E-state index >= 15 is 8.78 Å². The molecule has 0 amide bonds. The lowest BCUT2D eigenvalue weighted by Crippen LogP contribution is -3.05. The summed E-state index contributed by atoms with van der Waals surface area (Å²) in [5, 5.41) is 10.5. The topological polar surface area (TPSA) is 106 Å². The van der Waals surface area contributed by atoms with Crippen LogP contribution in [-0.4, -0.2) is 74.2 Å². The zero-order valence-corrected chi connectivity index (χ0v) is 30.3. The third-order valence-corrected chi connectivity index (χ3v) is 11.5. The van der Waals surface area contributed by atoms with E-state index < -0.39 is 55.4 Å². The van der Waals surface area contributed by atoms with Crippen molar-refractivity contribution in [1.82, 2.24) is 13.9 Å². The molecule has 0 unspecified atom stereocenters. The maximum absolute atomic E-state index is 15.5. The fraction of sp³-hybridized carbons (Fsp3) is 0.353. The lowest BCUT2D eigenvalue weighted by molar-refractivity contribution is -0.858. The van der Waals surface area contributed by atoms with Crippen LogP contribution < -0.4 is 9.64 Å². The summed E-state index contributed by atoms with van der Waals surface area (Å²) in [5.41, 5.74) is 0.952. The molecule has 1 heterocycles. The van der Waals surface area contributed by atoms with Gasteiger partial charge in [0, 0.05) is 29.5 Å². The number of carboxylic acid groups (broad SMARTS) is 1. The number of carboxylic acids is 1. The average Bonchev–Trinajstić information content (AvgIpc) is 3.47. The molecule has 0 saturated carbocycles. The van der Waals surface area contributed by atoms with Crippen LogP contribution in [-0.2, 0) is 26.0 Å². The maximum atomic E-state index is 15.5. The molecule has 264 valence electrons. The van der Waals surface area contributed by atoms with Gasteiger partial charge >= 0.3 is 5.97 Å². The molecule has 0 radical (unpaired) electrons. The Hall–Kier alpha value is -3.56. The Morgan fingerprint density at radius 1 is 1.10 bits per heavy atom. The molecule has 1 atom stereocenters. The number of aromatic nitrogens is 2. The van der Waals surface area contributed by atoms with E-state index in [0.29, 0.717) is 56.7 Å². The van der Waals surface area contributed by atoms with Crippen LogP contribution in [0.15, 0.2) is 70.8 Å². The number of nitrogens with one attached hydrogen (secondary N) is 1. The number of likely N-dealkylation sites (N-methyl/N-ethyl adjacent to an activating group) is 1. The second-order valence-electron chi connectivity index (χ2n) is 12.3. The number of hydrogen-bond donors (Lipinski definition) is 2. The van der Waals surface area contributed by atoms with Gasteiger partial charge in [0.2, 0.25) is 10.0 Å². The van der Waals surface area contributed by atoms with Gasteiger partial charge in [-0.25, -0.2) is 26.6 Å². The Morgan fingerprint density at radius 3 is 2.31 bits per heavy atom. The average molecular weight is 740 g/mol. The van der Waals surface area contributed by atoms with Gasteiger partial charge < -0.3 is 14.7 Å². The molecular weight excluding hydrogens is 701 g/mol.